The van der Waals surface area contributed by atoms with Crippen molar-refractivity contribution in [1.29, 1.82) is 0 Å². The highest BCUT2D eigenvalue weighted by Gasteiger charge is 2.17. The highest BCUT2D eigenvalue weighted by atomic mass is 35.5. The van der Waals surface area contributed by atoms with Gasteiger partial charge in [-0.25, -0.2) is 4.98 Å². The van der Waals surface area contributed by atoms with Crippen LogP contribution in [0.3, 0.4) is 0 Å². The third kappa shape index (κ3) is 6.76. The molecule has 1 heterocycles. The summed E-state index contributed by atoms with van der Waals surface area (Å²) in [6.45, 7) is 4.80. The average Bonchev–Trinajstić information content (AvgIpc) is 3.01. The maximum Gasteiger partial charge on any atom is 0.273 e. The number of carbonyl (C=O) groups excluding carboxylic acids is 1. The first-order chi connectivity index (χ1) is 10.9. The topological polar surface area (TPSA) is 59.2 Å². The third-order valence-corrected chi connectivity index (χ3v) is 4.92. The van der Waals surface area contributed by atoms with Crippen LogP contribution in [0.1, 0.15) is 30.8 Å². The van der Waals surface area contributed by atoms with Crippen molar-refractivity contribution in [3.8, 4) is 10.6 Å². The predicted molar refractivity (Wildman–Crippen MR) is 111 cm³/mol. The standard InChI is InChI=1S/C17H22ClN3OS.2ClH/c1-11(2)14(19)7-8-21(3)17(22)15-10-23-16(20-15)12-5-4-6-13(18)9-12;;/h4-6,9-11,14H,7-8,19H2,1-3H3;2*1H. The molecule has 1 aromatic carbocycles. The van der Waals surface area contributed by atoms with Crippen LogP contribution in [0.2, 0.25) is 5.02 Å². The van der Waals surface area contributed by atoms with Crippen molar-refractivity contribution in [2.24, 2.45) is 11.7 Å². The lowest BCUT2D eigenvalue weighted by atomic mass is 10.0. The lowest BCUT2D eigenvalue weighted by Crippen LogP contribution is -2.34. The third-order valence-electron chi connectivity index (χ3n) is 3.80. The van der Waals surface area contributed by atoms with Crippen LogP contribution in [0, 0.1) is 5.92 Å². The molecule has 1 amide bonds. The molecule has 8 heteroatoms. The largest absolute Gasteiger partial charge is 0.340 e. The van der Waals surface area contributed by atoms with Crippen molar-refractivity contribution in [3.05, 3.63) is 40.4 Å². The fourth-order valence-electron chi connectivity index (χ4n) is 2.10. The van der Waals surface area contributed by atoms with E-state index in [4.69, 9.17) is 17.3 Å². The lowest BCUT2D eigenvalue weighted by molar-refractivity contribution is 0.0784. The Labute approximate surface area is 170 Å². The van der Waals surface area contributed by atoms with E-state index in [1.54, 1.807) is 17.3 Å². The van der Waals surface area contributed by atoms with Crippen molar-refractivity contribution in [3.63, 3.8) is 0 Å². The van der Waals surface area contributed by atoms with E-state index in [1.807, 2.05) is 24.3 Å². The zero-order valence-corrected chi connectivity index (χ0v) is 17.6. The van der Waals surface area contributed by atoms with Gasteiger partial charge in [-0.2, -0.15) is 0 Å². The first-order valence-electron chi connectivity index (χ1n) is 7.61. The Morgan fingerprint density at radius 1 is 1.36 bits per heavy atom. The zero-order chi connectivity index (χ0) is 17.0. The molecule has 1 atom stereocenters. The van der Waals surface area contributed by atoms with E-state index in [9.17, 15) is 4.79 Å². The van der Waals surface area contributed by atoms with Gasteiger partial charge < -0.3 is 10.6 Å². The molecule has 140 valence electrons. The molecule has 0 saturated carbocycles. The molecular formula is C17H24Cl3N3OS. The maximum atomic E-state index is 12.4. The SMILES string of the molecule is CC(C)C(N)CCN(C)C(=O)c1csc(-c2cccc(Cl)c2)n1.Cl.Cl. The Hall–Kier alpha value is -0.850. The first kappa shape index (κ1) is 24.2. The van der Waals surface area contributed by atoms with Gasteiger partial charge in [0.25, 0.3) is 5.91 Å². The van der Waals surface area contributed by atoms with Gasteiger partial charge in [-0.1, -0.05) is 37.6 Å². The van der Waals surface area contributed by atoms with E-state index in [0.717, 1.165) is 17.0 Å². The minimum Gasteiger partial charge on any atom is -0.340 e. The Morgan fingerprint density at radius 3 is 2.64 bits per heavy atom. The summed E-state index contributed by atoms with van der Waals surface area (Å²) in [6.07, 6.45) is 0.783. The highest BCUT2D eigenvalue weighted by molar-refractivity contribution is 7.13. The number of hydrogen-bond acceptors (Lipinski definition) is 4. The van der Waals surface area contributed by atoms with Crippen molar-refractivity contribution >= 4 is 53.7 Å². The molecule has 0 fully saturated rings. The second-order valence-electron chi connectivity index (χ2n) is 5.97. The predicted octanol–water partition coefficient (Wildman–Crippen LogP) is 4.75. The number of amides is 1. The lowest BCUT2D eigenvalue weighted by Gasteiger charge is -2.20. The molecular weight excluding hydrogens is 401 g/mol. The maximum absolute atomic E-state index is 12.4. The summed E-state index contributed by atoms with van der Waals surface area (Å²) in [7, 11) is 1.79. The first-order valence-corrected chi connectivity index (χ1v) is 8.86. The van der Waals surface area contributed by atoms with Crippen LogP contribution in [0.5, 0.6) is 0 Å². The molecule has 2 N–H and O–H groups in total. The molecule has 4 nitrogen and oxygen atoms in total. The Balaban J connectivity index is 0.00000288. The van der Waals surface area contributed by atoms with E-state index in [1.165, 1.54) is 11.3 Å². The van der Waals surface area contributed by atoms with Crippen LogP contribution in [-0.2, 0) is 0 Å². The summed E-state index contributed by atoms with van der Waals surface area (Å²) in [5.74, 6) is 0.331. The number of carbonyl (C=O) groups is 1. The molecule has 2 aromatic rings. The zero-order valence-electron chi connectivity index (χ0n) is 14.4. The second kappa shape index (κ2) is 11.0. The van der Waals surface area contributed by atoms with Crippen LogP contribution in [-0.4, -0.2) is 35.4 Å². The van der Waals surface area contributed by atoms with Gasteiger partial charge >= 0.3 is 0 Å². The normalized spacial score (nSPS) is 11.4. The summed E-state index contributed by atoms with van der Waals surface area (Å²) in [6, 6.07) is 7.57. The van der Waals surface area contributed by atoms with Gasteiger partial charge in [0.05, 0.1) is 0 Å². The number of nitrogens with two attached hydrogens (primary N) is 1. The van der Waals surface area contributed by atoms with Crippen LogP contribution < -0.4 is 5.73 Å². The number of benzene rings is 1. The van der Waals surface area contributed by atoms with Gasteiger partial charge in [-0.3, -0.25) is 4.79 Å². The van der Waals surface area contributed by atoms with E-state index in [2.05, 4.69) is 18.8 Å². The Morgan fingerprint density at radius 2 is 2.04 bits per heavy atom. The van der Waals surface area contributed by atoms with Gasteiger partial charge in [-0.15, -0.1) is 36.2 Å². The van der Waals surface area contributed by atoms with Gasteiger partial charge in [0.15, 0.2) is 0 Å². The van der Waals surface area contributed by atoms with E-state index < -0.39 is 0 Å². The van der Waals surface area contributed by atoms with Crippen molar-refractivity contribution < 1.29 is 4.79 Å². The van der Waals surface area contributed by atoms with Crippen molar-refractivity contribution in [2.45, 2.75) is 26.3 Å². The van der Waals surface area contributed by atoms with E-state index in [-0.39, 0.29) is 36.8 Å². The number of hydrogen-bond donors (Lipinski definition) is 1. The van der Waals surface area contributed by atoms with Crippen LogP contribution in [0.15, 0.2) is 29.6 Å². The van der Waals surface area contributed by atoms with Crippen molar-refractivity contribution in [1.82, 2.24) is 9.88 Å². The van der Waals surface area contributed by atoms with Gasteiger partial charge in [-0.05, 0) is 24.5 Å². The molecule has 0 aliphatic heterocycles. The van der Waals surface area contributed by atoms with E-state index >= 15 is 0 Å². The molecule has 0 radical (unpaired) electrons. The van der Waals surface area contributed by atoms with Gasteiger partial charge in [0.2, 0.25) is 0 Å². The molecule has 0 aliphatic rings. The number of aromatic nitrogens is 1. The fourth-order valence-corrected chi connectivity index (χ4v) is 3.08. The minimum absolute atomic E-state index is 0. The highest BCUT2D eigenvalue weighted by Crippen LogP contribution is 2.26. The minimum atomic E-state index is -0.0783. The smallest absolute Gasteiger partial charge is 0.273 e. The summed E-state index contributed by atoms with van der Waals surface area (Å²) in [4.78, 5) is 18.6. The van der Waals surface area contributed by atoms with Crippen LogP contribution in [0.4, 0.5) is 0 Å². The van der Waals surface area contributed by atoms with Crippen LogP contribution in [0.25, 0.3) is 10.6 Å². The fraction of sp³-hybridized carbons (Fsp3) is 0.412. The summed E-state index contributed by atoms with van der Waals surface area (Å²) < 4.78 is 0. The molecule has 25 heavy (non-hydrogen) atoms. The molecule has 2 rings (SSSR count). The molecule has 1 unspecified atom stereocenters. The molecule has 0 aliphatic carbocycles. The number of halogens is 3. The number of nitrogens with zero attached hydrogens (tertiary/aromatic N) is 2. The molecule has 0 bridgehead atoms. The quantitative estimate of drug-likeness (QED) is 0.727. The second-order valence-corrected chi connectivity index (χ2v) is 7.27. The van der Waals surface area contributed by atoms with Gasteiger partial charge in [0, 0.05) is 35.6 Å². The monoisotopic (exact) mass is 423 g/mol. The number of thiazole rings is 1. The summed E-state index contributed by atoms with van der Waals surface area (Å²) in [5.41, 5.74) is 7.42. The summed E-state index contributed by atoms with van der Waals surface area (Å²) >= 11 is 7.45. The molecule has 1 aromatic heterocycles. The average molecular weight is 425 g/mol. The Kier molecular flexibility index (Phi) is 10.6. The van der Waals surface area contributed by atoms with E-state index in [0.29, 0.717) is 23.2 Å². The molecule has 0 spiro atoms. The Bertz CT molecular complexity index is 679. The summed E-state index contributed by atoms with van der Waals surface area (Å²) in [5, 5.41) is 3.24. The van der Waals surface area contributed by atoms with Crippen LogP contribution >= 0.6 is 47.8 Å². The van der Waals surface area contributed by atoms with Gasteiger partial charge in [0.1, 0.15) is 10.7 Å². The molecule has 0 saturated heterocycles. The van der Waals surface area contributed by atoms with Crippen molar-refractivity contribution in [2.75, 3.05) is 13.6 Å². The number of rotatable bonds is 6.